The lowest BCUT2D eigenvalue weighted by atomic mass is 10.1. The normalized spacial score (nSPS) is 14.2. The molecule has 100 valence electrons. The highest BCUT2D eigenvalue weighted by molar-refractivity contribution is 7.98. The van der Waals surface area contributed by atoms with Gasteiger partial charge in [0.1, 0.15) is 0 Å². The van der Waals surface area contributed by atoms with E-state index in [2.05, 4.69) is 5.32 Å². The van der Waals surface area contributed by atoms with Crippen molar-refractivity contribution in [3.05, 3.63) is 35.4 Å². The fraction of sp³-hybridized carbons (Fsp3) is 0.462. The molecule has 1 unspecified atom stereocenters. The lowest BCUT2D eigenvalue weighted by molar-refractivity contribution is 0.0846. The van der Waals surface area contributed by atoms with Crippen molar-refractivity contribution >= 4 is 17.7 Å². The fourth-order valence-electron chi connectivity index (χ4n) is 1.74. The first-order chi connectivity index (χ1) is 8.46. The molecule has 0 heterocycles. The molecule has 0 saturated carbocycles. The van der Waals surface area contributed by atoms with E-state index in [1.165, 1.54) is 0 Å². The van der Waals surface area contributed by atoms with Crippen LogP contribution in [-0.4, -0.2) is 35.2 Å². The van der Waals surface area contributed by atoms with Gasteiger partial charge in [-0.15, -0.1) is 0 Å². The Morgan fingerprint density at radius 3 is 2.78 bits per heavy atom. The van der Waals surface area contributed by atoms with Crippen LogP contribution in [0.5, 0.6) is 0 Å². The largest absolute Gasteiger partial charge is 0.388 e. The molecule has 0 radical (unpaired) electrons. The van der Waals surface area contributed by atoms with Gasteiger partial charge in [0.05, 0.1) is 5.60 Å². The molecule has 1 aromatic carbocycles. The fourth-order valence-corrected chi connectivity index (χ4v) is 2.47. The summed E-state index contributed by atoms with van der Waals surface area (Å²) in [6.45, 7) is 2.78. The SMILES string of the molecule is CSCC(C)(O)CNCc1ccccc1C(N)=O. The molecular formula is C13H20N2O2S. The maximum atomic E-state index is 11.2. The number of primary amides is 1. The molecule has 0 bridgehead atoms. The van der Waals surface area contributed by atoms with Gasteiger partial charge in [-0.1, -0.05) is 18.2 Å². The quantitative estimate of drug-likeness (QED) is 0.689. The minimum atomic E-state index is -0.749. The lowest BCUT2D eigenvalue weighted by Crippen LogP contribution is -2.39. The molecule has 0 saturated heterocycles. The number of carbonyl (C=O) groups is 1. The van der Waals surface area contributed by atoms with Crippen LogP contribution in [0.25, 0.3) is 0 Å². The molecule has 0 spiro atoms. The number of amides is 1. The van der Waals surface area contributed by atoms with Gasteiger partial charge in [0, 0.05) is 24.4 Å². The van der Waals surface area contributed by atoms with Crippen molar-refractivity contribution in [2.45, 2.75) is 19.1 Å². The lowest BCUT2D eigenvalue weighted by Gasteiger charge is -2.22. The van der Waals surface area contributed by atoms with Crippen LogP contribution in [0.3, 0.4) is 0 Å². The van der Waals surface area contributed by atoms with Crippen LogP contribution in [0.2, 0.25) is 0 Å². The van der Waals surface area contributed by atoms with E-state index in [-0.39, 0.29) is 0 Å². The Labute approximate surface area is 112 Å². The van der Waals surface area contributed by atoms with Crippen LogP contribution in [0.1, 0.15) is 22.8 Å². The van der Waals surface area contributed by atoms with Crippen molar-refractivity contribution in [1.82, 2.24) is 5.32 Å². The summed E-state index contributed by atoms with van der Waals surface area (Å²) in [5.41, 5.74) is 5.93. The van der Waals surface area contributed by atoms with Gasteiger partial charge in [-0.2, -0.15) is 11.8 Å². The number of nitrogens with one attached hydrogen (secondary N) is 1. The zero-order valence-corrected chi connectivity index (χ0v) is 11.6. The summed E-state index contributed by atoms with van der Waals surface area (Å²) in [6, 6.07) is 7.22. The molecule has 0 aliphatic rings. The highest BCUT2D eigenvalue weighted by atomic mass is 32.2. The van der Waals surface area contributed by atoms with E-state index >= 15 is 0 Å². The van der Waals surface area contributed by atoms with Crippen molar-refractivity contribution < 1.29 is 9.90 Å². The molecule has 4 nitrogen and oxygen atoms in total. The molecule has 0 aromatic heterocycles. The number of nitrogens with two attached hydrogens (primary N) is 1. The number of carbonyl (C=O) groups excluding carboxylic acids is 1. The van der Waals surface area contributed by atoms with E-state index in [9.17, 15) is 9.90 Å². The monoisotopic (exact) mass is 268 g/mol. The topological polar surface area (TPSA) is 75.3 Å². The molecule has 1 aromatic rings. The molecule has 1 atom stereocenters. The van der Waals surface area contributed by atoms with E-state index < -0.39 is 11.5 Å². The molecule has 0 fully saturated rings. The molecule has 5 heteroatoms. The molecule has 0 aliphatic carbocycles. The Bertz CT molecular complexity index is 408. The van der Waals surface area contributed by atoms with Gasteiger partial charge in [-0.25, -0.2) is 0 Å². The number of aliphatic hydroxyl groups is 1. The summed E-state index contributed by atoms with van der Waals surface area (Å²) in [5.74, 6) is 0.237. The molecule has 1 rings (SSSR count). The van der Waals surface area contributed by atoms with Crippen molar-refractivity contribution in [1.29, 1.82) is 0 Å². The van der Waals surface area contributed by atoms with Crippen molar-refractivity contribution in [2.24, 2.45) is 5.73 Å². The molecular weight excluding hydrogens is 248 g/mol. The van der Waals surface area contributed by atoms with E-state index in [1.807, 2.05) is 18.4 Å². The Balaban J connectivity index is 2.56. The predicted molar refractivity (Wildman–Crippen MR) is 75.7 cm³/mol. The third-order valence-electron chi connectivity index (χ3n) is 2.56. The van der Waals surface area contributed by atoms with Gasteiger partial charge in [-0.05, 0) is 24.8 Å². The van der Waals surface area contributed by atoms with Gasteiger partial charge in [0.25, 0.3) is 0 Å². The Morgan fingerprint density at radius 2 is 2.17 bits per heavy atom. The van der Waals surface area contributed by atoms with Crippen molar-refractivity contribution in [3.63, 3.8) is 0 Å². The number of thioether (sulfide) groups is 1. The van der Waals surface area contributed by atoms with E-state index in [0.29, 0.717) is 24.4 Å². The van der Waals surface area contributed by atoms with Crippen LogP contribution in [0, 0.1) is 0 Å². The van der Waals surface area contributed by atoms with Crippen LogP contribution in [-0.2, 0) is 6.54 Å². The smallest absolute Gasteiger partial charge is 0.249 e. The summed E-state index contributed by atoms with van der Waals surface area (Å²) < 4.78 is 0. The van der Waals surface area contributed by atoms with E-state index in [1.54, 1.807) is 30.8 Å². The summed E-state index contributed by atoms with van der Waals surface area (Å²) in [5, 5.41) is 13.1. The summed E-state index contributed by atoms with van der Waals surface area (Å²) in [6.07, 6.45) is 1.96. The maximum absolute atomic E-state index is 11.2. The van der Waals surface area contributed by atoms with Crippen molar-refractivity contribution in [3.8, 4) is 0 Å². The van der Waals surface area contributed by atoms with Gasteiger partial charge < -0.3 is 16.2 Å². The Hall–Kier alpha value is -1.04. The third-order valence-corrected chi connectivity index (χ3v) is 3.47. The average molecular weight is 268 g/mol. The minimum Gasteiger partial charge on any atom is -0.388 e. The summed E-state index contributed by atoms with van der Waals surface area (Å²) in [4.78, 5) is 11.2. The first kappa shape index (κ1) is 15.0. The standard InChI is InChI=1S/C13H20N2O2S/c1-13(17,9-18-2)8-15-7-10-5-3-4-6-11(10)12(14)16/h3-6,15,17H,7-9H2,1-2H3,(H2,14,16). The van der Waals surface area contributed by atoms with Gasteiger partial charge >= 0.3 is 0 Å². The highest BCUT2D eigenvalue weighted by Crippen LogP contribution is 2.11. The van der Waals surface area contributed by atoms with Gasteiger partial charge in [-0.3, -0.25) is 4.79 Å². The number of rotatable bonds is 7. The minimum absolute atomic E-state index is 0.428. The third kappa shape index (κ3) is 4.68. The zero-order chi connectivity index (χ0) is 13.6. The molecule has 18 heavy (non-hydrogen) atoms. The average Bonchev–Trinajstić information content (AvgIpc) is 2.29. The maximum Gasteiger partial charge on any atom is 0.249 e. The van der Waals surface area contributed by atoms with Crippen LogP contribution in [0.4, 0.5) is 0 Å². The van der Waals surface area contributed by atoms with Crippen molar-refractivity contribution in [2.75, 3.05) is 18.6 Å². The first-order valence-electron chi connectivity index (χ1n) is 5.76. The van der Waals surface area contributed by atoms with E-state index in [0.717, 1.165) is 5.56 Å². The summed E-state index contributed by atoms with van der Waals surface area (Å²) in [7, 11) is 0. The Morgan fingerprint density at radius 1 is 1.50 bits per heavy atom. The molecule has 4 N–H and O–H groups in total. The van der Waals surface area contributed by atoms with Gasteiger partial charge in [0.2, 0.25) is 5.91 Å². The predicted octanol–water partition coefficient (Wildman–Crippen LogP) is 0.989. The summed E-state index contributed by atoms with van der Waals surface area (Å²) >= 11 is 1.60. The second-order valence-electron chi connectivity index (χ2n) is 4.55. The first-order valence-corrected chi connectivity index (χ1v) is 7.15. The van der Waals surface area contributed by atoms with Crippen LogP contribution >= 0.6 is 11.8 Å². The Kier molecular flexibility index (Phi) is 5.65. The second kappa shape index (κ2) is 6.78. The highest BCUT2D eigenvalue weighted by Gasteiger charge is 2.19. The zero-order valence-electron chi connectivity index (χ0n) is 10.8. The molecule has 0 aliphatic heterocycles. The van der Waals surface area contributed by atoms with Crippen LogP contribution < -0.4 is 11.1 Å². The van der Waals surface area contributed by atoms with Crippen LogP contribution in [0.15, 0.2) is 24.3 Å². The number of hydrogen-bond acceptors (Lipinski definition) is 4. The van der Waals surface area contributed by atoms with Gasteiger partial charge in [0.15, 0.2) is 0 Å². The van der Waals surface area contributed by atoms with E-state index in [4.69, 9.17) is 5.73 Å². The number of hydrogen-bond donors (Lipinski definition) is 3. The molecule has 1 amide bonds. The second-order valence-corrected chi connectivity index (χ2v) is 5.42. The number of benzene rings is 1.